The summed E-state index contributed by atoms with van der Waals surface area (Å²) in [5.41, 5.74) is 2.56. The number of nitrogens with zero attached hydrogens (tertiary/aromatic N) is 1. The van der Waals surface area contributed by atoms with E-state index in [1.54, 1.807) is 0 Å². The first-order valence-electron chi connectivity index (χ1n) is 5.06. The molecule has 1 saturated heterocycles. The monoisotopic (exact) mass is 192 g/mol. The number of aryl methyl sites for hydroxylation is 2. The van der Waals surface area contributed by atoms with E-state index >= 15 is 0 Å². The van der Waals surface area contributed by atoms with Crippen molar-refractivity contribution < 1.29 is 4.79 Å². The molecule has 2 rings (SSSR count). The molecule has 0 radical (unpaired) electrons. The molecule has 2 heterocycles. The standard InChI is InChI=1S/C11H16N2O/c1-8-3-4-9(2)13(8)7-10-5-11(14)12-6-10/h3-4,10H,5-7H2,1-2H3,(H,12,14). The molecule has 1 aromatic rings. The summed E-state index contributed by atoms with van der Waals surface area (Å²) < 4.78 is 2.28. The summed E-state index contributed by atoms with van der Waals surface area (Å²) in [7, 11) is 0. The number of amides is 1. The fourth-order valence-electron chi connectivity index (χ4n) is 2.04. The lowest BCUT2D eigenvalue weighted by molar-refractivity contribution is -0.119. The Balaban J connectivity index is 2.07. The molecule has 0 aliphatic carbocycles. The van der Waals surface area contributed by atoms with Crippen molar-refractivity contribution in [3.8, 4) is 0 Å². The molecule has 14 heavy (non-hydrogen) atoms. The van der Waals surface area contributed by atoms with Crippen molar-refractivity contribution in [3.05, 3.63) is 23.5 Å². The van der Waals surface area contributed by atoms with E-state index in [4.69, 9.17) is 0 Å². The predicted molar refractivity (Wildman–Crippen MR) is 55.0 cm³/mol. The average molecular weight is 192 g/mol. The van der Waals surface area contributed by atoms with Crippen LogP contribution in [-0.2, 0) is 11.3 Å². The van der Waals surface area contributed by atoms with Crippen molar-refractivity contribution in [2.24, 2.45) is 5.92 Å². The number of carbonyl (C=O) groups excluding carboxylic acids is 1. The van der Waals surface area contributed by atoms with E-state index in [1.165, 1.54) is 11.4 Å². The molecule has 1 aliphatic heterocycles. The maximum absolute atomic E-state index is 11.0. The Morgan fingerprint density at radius 2 is 2.07 bits per heavy atom. The Bertz CT molecular complexity index is 335. The topological polar surface area (TPSA) is 34.0 Å². The van der Waals surface area contributed by atoms with Crippen molar-refractivity contribution in [2.75, 3.05) is 6.54 Å². The number of hydrogen-bond donors (Lipinski definition) is 1. The first kappa shape index (κ1) is 9.31. The lowest BCUT2D eigenvalue weighted by Crippen LogP contribution is -2.16. The molecule has 1 aromatic heterocycles. The van der Waals surface area contributed by atoms with Crippen molar-refractivity contribution in [3.63, 3.8) is 0 Å². The smallest absolute Gasteiger partial charge is 0.220 e. The van der Waals surface area contributed by atoms with Gasteiger partial charge in [0, 0.05) is 36.8 Å². The molecule has 76 valence electrons. The lowest BCUT2D eigenvalue weighted by atomic mass is 10.1. The van der Waals surface area contributed by atoms with Crippen LogP contribution in [0, 0.1) is 19.8 Å². The minimum Gasteiger partial charge on any atom is -0.356 e. The third-order valence-electron chi connectivity index (χ3n) is 2.92. The number of hydrogen-bond acceptors (Lipinski definition) is 1. The molecular formula is C11H16N2O. The van der Waals surface area contributed by atoms with Crippen molar-refractivity contribution in [2.45, 2.75) is 26.8 Å². The lowest BCUT2D eigenvalue weighted by Gasteiger charge is -2.13. The van der Waals surface area contributed by atoms with E-state index in [-0.39, 0.29) is 5.91 Å². The zero-order valence-corrected chi connectivity index (χ0v) is 8.71. The summed E-state index contributed by atoms with van der Waals surface area (Å²) in [5, 5.41) is 2.87. The second-order valence-corrected chi connectivity index (χ2v) is 4.10. The van der Waals surface area contributed by atoms with Gasteiger partial charge in [-0.05, 0) is 26.0 Å². The van der Waals surface area contributed by atoms with Crippen molar-refractivity contribution in [1.82, 2.24) is 9.88 Å². The van der Waals surface area contributed by atoms with Crippen LogP contribution in [0.5, 0.6) is 0 Å². The van der Waals surface area contributed by atoms with Gasteiger partial charge in [0.2, 0.25) is 5.91 Å². The fourth-order valence-corrected chi connectivity index (χ4v) is 2.04. The highest BCUT2D eigenvalue weighted by Crippen LogP contribution is 2.15. The summed E-state index contributed by atoms with van der Waals surface area (Å²) in [6, 6.07) is 4.25. The van der Waals surface area contributed by atoms with Crippen LogP contribution in [0.3, 0.4) is 0 Å². The molecule has 0 aromatic carbocycles. The predicted octanol–water partition coefficient (Wildman–Crippen LogP) is 1.24. The van der Waals surface area contributed by atoms with Gasteiger partial charge in [-0.2, -0.15) is 0 Å². The van der Waals surface area contributed by atoms with Crippen LogP contribution in [0.1, 0.15) is 17.8 Å². The van der Waals surface area contributed by atoms with Gasteiger partial charge in [0.05, 0.1) is 0 Å². The first-order chi connectivity index (χ1) is 6.66. The molecule has 0 bridgehead atoms. The average Bonchev–Trinajstić information content (AvgIpc) is 2.67. The maximum atomic E-state index is 11.0. The SMILES string of the molecule is Cc1ccc(C)n1CC1CNC(=O)C1. The third kappa shape index (κ3) is 1.67. The molecule has 0 saturated carbocycles. The van der Waals surface area contributed by atoms with Crippen LogP contribution < -0.4 is 5.32 Å². The van der Waals surface area contributed by atoms with Crippen LogP contribution in [0.25, 0.3) is 0 Å². The van der Waals surface area contributed by atoms with E-state index in [2.05, 4.69) is 35.9 Å². The summed E-state index contributed by atoms with van der Waals surface area (Å²) in [6.07, 6.45) is 0.678. The van der Waals surface area contributed by atoms with Crippen LogP contribution in [0.4, 0.5) is 0 Å². The number of aromatic nitrogens is 1. The molecule has 1 fully saturated rings. The molecule has 1 aliphatic rings. The Morgan fingerprint density at radius 3 is 2.57 bits per heavy atom. The molecule has 1 unspecified atom stereocenters. The summed E-state index contributed by atoms with van der Waals surface area (Å²) in [4.78, 5) is 11.0. The molecule has 3 nitrogen and oxygen atoms in total. The van der Waals surface area contributed by atoms with Crippen molar-refractivity contribution in [1.29, 1.82) is 0 Å². The van der Waals surface area contributed by atoms with Crippen LogP contribution >= 0.6 is 0 Å². The van der Waals surface area contributed by atoms with Gasteiger partial charge in [-0.1, -0.05) is 0 Å². The Morgan fingerprint density at radius 1 is 1.43 bits per heavy atom. The van der Waals surface area contributed by atoms with E-state index in [9.17, 15) is 4.79 Å². The maximum Gasteiger partial charge on any atom is 0.220 e. The summed E-state index contributed by atoms with van der Waals surface area (Å²) in [6.45, 7) is 6.01. The highest BCUT2D eigenvalue weighted by atomic mass is 16.1. The van der Waals surface area contributed by atoms with Crippen LogP contribution in [0.15, 0.2) is 12.1 Å². The molecule has 1 N–H and O–H groups in total. The number of rotatable bonds is 2. The minimum atomic E-state index is 0.192. The largest absolute Gasteiger partial charge is 0.356 e. The Hall–Kier alpha value is -1.25. The summed E-state index contributed by atoms with van der Waals surface area (Å²) in [5.74, 6) is 0.657. The molecule has 1 atom stereocenters. The molecule has 0 spiro atoms. The zero-order chi connectivity index (χ0) is 10.1. The van der Waals surface area contributed by atoms with Gasteiger partial charge in [-0.25, -0.2) is 0 Å². The highest BCUT2D eigenvalue weighted by Gasteiger charge is 2.22. The van der Waals surface area contributed by atoms with Gasteiger partial charge >= 0.3 is 0 Å². The van der Waals surface area contributed by atoms with Crippen LogP contribution in [-0.4, -0.2) is 17.0 Å². The van der Waals surface area contributed by atoms with E-state index in [0.29, 0.717) is 12.3 Å². The molecular weight excluding hydrogens is 176 g/mol. The van der Waals surface area contributed by atoms with Gasteiger partial charge in [-0.3, -0.25) is 4.79 Å². The van der Waals surface area contributed by atoms with Gasteiger partial charge in [0.1, 0.15) is 0 Å². The zero-order valence-electron chi connectivity index (χ0n) is 8.71. The normalized spacial score (nSPS) is 21.3. The minimum absolute atomic E-state index is 0.192. The van der Waals surface area contributed by atoms with E-state index < -0.39 is 0 Å². The van der Waals surface area contributed by atoms with Gasteiger partial charge in [0.15, 0.2) is 0 Å². The molecule has 1 amide bonds. The van der Waals surface area contributed by atoms with Crippen LogP contribution in [0.2, 0.25) is 0 Å². The Kier molecular flexibility index (Phi) is 2.32. The highest BCUT2D eigenvalue weighted by molar-refractivity contribution is 5.78. The van der Waals surface area contributed by atoms with E-state index in [1.807, 2.05) is 0 Å². The van der Waals surface area contributed by atoms with Gasteiger partial charge in [0.25, 0.3) is 0 Å². The quantitative estimate of drug-likeness (QED) is 0.751. The summed E-state index contributed by atoms with van der Waals surface area (Å²) >= 11 is 0. The molecule has 3 heteroatoms. The first-order valence-corrected chi connectivity index (χ1v) is 5.06. The van der Waals surface area contributed by atoms with Gasteiger partial charge in [-0.15, -0.1) is 0 Å². The second-order valence-electron chi connectivity index (χ2n) is 4.10. The second kappa shape index (κ2) is 3.48. The fraction of sp³-hybridized carbons (Fsp3) is 0.545. The van der Waals surface area contributed by atoms with E-state index in [0.717, 1.165) is 13.1 Å². The third-order valence-corrected chi connectivity index (χ3v) is 2.92. The van der Waals surface area contributed by atoms with Gasteiger partial charge < -0.3 is 9.88 Å². The number of nitrogens with one attached hydrogen (secondary N) is 1. The number of carbonyl (C=O) groups is 1. The Labute approximate surface area is 84.1 Å². The van der Waals surface area contributed by atoms with Crippen molar-refractivity contribution >= 4 is 5.91 Å².